The van der Waals surface area contributed by atoms with Crippen molar-refractivity contribution in [2.75, 3.05) is 30.4 Å². The lowest BCUT2D eigenvalue weighted by molar-refractivity contribution is 0.0194. The van der Waals surface area contributed by atoms with Crippen molar-refractivity contribution in [1.29, 1.82) is 0 Å². The summed E-state index contributed by atoms with van der Waals surface area (Å²) >= 11 is 0. The second-order valence-corrected chi connectivity index (χ2v) is 8.04. The van der Waals surface area contributed by atoms with E-state index in [0.717, 1.165) is 0 Å². The highest BCUT2D eigenvalue weighted by Gasteiger charge is 2.30. The number of hydrogen-bond acceptors (Lipinski definition) is 8. The summed E-state index contributed by atoms with van der Waals surface area (Å²) in [5.74, 6) is 1.28. The molecule has 1 fully saturated rings. The molecule has 33 heavy (non-hydrogen) atoms. The van der Waals surface area contributed by atoms with Gasteiger partial charge in [-0.3, -0.25) is 0 Å². The smallest absolute Gasteiger partial charge is 0.258 e. The van der Waals surface area contributed by atoms with Crippen LogP contribution < -0.4 is 10.2 Å². The van der Waals surface area contributed by atoms with E-state index in [1.54, 1.807) is 23.2 Å². The third kappa shape index (κ3) is 4.71. The maximum Gasteiger partial charge on any atom is 0.258 e. The lowest BCUT2D eigenvalue weighted by Gasteiger charge is -2.33. The molecule has 1 aliphatic rings. The number of anilines is 3. The molecule has 4 rings (SSSR count). The van der Waals surface area contributed by atoms with Crippen LogP contribution in [0.2, 0.25) is 0 Å². The van der Waals surface area contributed by atoms with Crippen molar-refractivity contribution in [2.24, 2.45) is 0 Å². The van der Waals surface area contributed by atoms with Crippen LogP contribution in [0.15, 0.2) is 24.5 Å². The predicted octanol–water partition coefficient (Wildman–Crippen LogP) is 3.41. The normalized spacial score (nSPS) is 20.9. The van der Waals surface area contributed by atoms with Crippen molar-refractivity contribution in [3.05, 3.63) is 30.4 Å². The van der Waals surface area contributed by atoms with Gasteiger partial charge in [0.05, 0.1) is 30.4 Å². The number of aliphatic hydroxyl groups is 1. The summed E-state index contributed by atoms with van der Waals surface area (Å²) in [5.41, 5.74) is 0.801. The largest absolute Gasteiger partial charge is 0.385 e. The molecular weight excluding hydrogens is 439 g/mol. The molecule has 0 bridgehead atoms. The summed E-state index contributed by atoms with van der Waals surface area (Å²) in [6.07, 6.45) is -1.73. The maximum atomic E-state index is 14.3. The number of rotatable bonds is 7. The van der Waals surface area contributed by atoms with Gasteiger partial charge in [0.1, 0.15) is 35.3 Å². The SMILES string of the molecule is COC1CCN(c2nccc(Nc3cc4c(cn3)nc(C(C)O)n4C(C)C(F)F)n2)CC1F. The zero-order valence-electron chi connectivity index (χ0n) is 18.5. The molecule has 4 heterocycles. The number of hydrogen-bond donors (Lipinski definition) is 2. The predicted molar refractivity (Wildman–Crippen MR) is 117 cm³/mol. The molecule has 0 aromatic carbocycles. The number of nitrogens with zero attached hydrogens (tertiary/aromatic N) is 6. The maximum absolute atomic E-state index is 14.3. The van der Waals surface area contributed by atoms with Gasteiger partial charge in [-0.05, 0) is 26.3 Å². The van der Waals surface area contributed by atoms with E-state index in [9.17, 15) is 18.3 Å². The highest BCUT2D eigenvalue weighted by molar-refractivity contribution is 5.79. The topological polar surface area (TPSA) is 101 Å². The second-order valence-electron chi connectivity index (χ2n) is 8.04. The summed E-state index contributed by atoms with van der Waals surface area (Å²) in [7, 11) is 1.50. The number of methoxy groups -OCH3 is 1. The van der Waals surface area contributed by atoms with Crippen molar-refractivity contribution in [3.8, 4) is 0 Å². The third-order valence-electron chi connectivity index (χ3n) is 5.72. The number of piperidine rings is 1. The van der Waals surface area contributed by atoms with Crippen LogP contribution in [0.4, 0.5) is 30.8 Å². The molecule has 4 unspecified atom stereocenters. The molecule has 0 aliphatic carbocycles. The second kappa shape index (κ2) is 9.48. The molecule has 4 atom stereocenters. The van der Waals surface area contributed by atoms with E-state index in [4.69, 9.17) is 4.74 Å². The zero-order chi connectivity index (χ0) is 23.7. The van der Waals surface area contributed by atoms with Gasteiger partial charge in [0.25, 0.3) is 6.43 Å². The van der Waals surface area contributed by atoms with Crippen LogP contribution in [-0.2, 0) is 4.74 Å². The van der Waals surface area contributed by atoms with E-state index in [0.29, 0.717) is 41.6 Å². The van der Waals surface area contributed by atoms with Gasteiger partial charge in [-0.1, -0.05) is 0 Å². The summed E-state index contributed by atoms with van der Waals surface area (Å²) in [6.45, 7) is 3.52. The van der Waals surface area contributed by atoms with Gasteiger partial charge < -0.3 is 24.6 Å². The fourth-order valence-electron chi connectivity index (χ4n) is 3.95. The lowest BCUT2D eigenvalue weighted by atomic mass is 10.1. The number of halogens is 3. The number of aromatic nitrogens is 5. The monoisotopic (exact) mass is 465 g/mol. The van der Waals surface area contributed by atoms with Gasteiger partial charge in [0, 0.05) is 25.9 Å². The van der Waals surface area contributed by atoms with E-state index in [2.05, 4.69) is 25.3 Å². The average Bonchev–Trinajstić information content (AvgIpc) is 3.17. The minimum Gasteiger partial charge on any atom is -0.385 e. The van der Waals surface area contributed by atoms with Crippen LogP contribution in [0, 0.1) is 0 Å². The number of alkyl halides is 3. The minimum absolute atomic E-state index is 0.124. The Morgan fingerprint density at radius 1 is 1.21 bits per heavy atom. The van der Waals surface area contributed by atoms with Gasteiger partial charge >= 0.3 is 0 Å². The first-order chi connectivity index (χ1) is 15.8. The van der Waals surface area contributed by atoms with Crippen molar-refractivity contribution in [1.82, 2.24) is 24.5 Å². The van der Waals surface area contributed by atoms with E-state index in [1.807, 2.05) is 0 Å². The van der Waals surface area contributed by atoms with Crippen LogP contribution in [0.5, 0.6) is 0 Å². The molecule has 1 aliphatic heterocycles. The Kier molecular flexibility index (Phi) is 6.66. The van der Waals surface area contributed by atoms with Crippen molar-refractivity contribution >= 4 is 28.6 Å². The van der Waals surface area contributed by atoms with Crippen molar-refractivity contribution in [2.45, 2.75) is 51.1 Å². The molecule has 3 aromatic rings. The first-order valence-electron chi connectivity index (χ1n) is 10.6. The standard InChI is InChI=1S/C21H26F3N7O2/c1-11(19(23)24)31-15-8-18(26-9-14(15)27-20(31)12(2)32)28-17-4-6-25-21(29-17)30-7-5-16(33-3)13(22)10-30/h4,6,8-9,11-13,16,19,32H,5,7,10H2,1-3H3,(H,25,26,28,29). The van der Waals surface area contributed by atoms with Crippen LogP contribution in [0.25, 0.3) is 11.0 Å². The highest BCUT2D eigenvalue weighted by atomic mass is 19.3. The first-order valence-corrected chi connectivity index (χ1v) is 10.6. The number of fused-ring (bicyclic) bond motifs is 1. The molecule has 0 spiro atoms. The van der Waals surface area contributed by atoms with Crippen LogP contribution in [0.3, 0.4) is 0 Å². The lowest BCUT2D eigenvalue weighted by Crippen LogP contribution is -2.46. The molecule has 0 amide bonds. The number of pyridine rings is 1. The molecule has 12 heteroatoms. The molecular formula is C21H26F3N7O2. The number of ether oxygens (including phenoxy) is 1. The fourth-order valence-corrected chi connectivity index (χ4v) is 3.95. The van der Waals surface area contributed by atoms with Crippen LogP contribution in [0.1, 0.15) is 38.2 Å². The Labute approximate surface area is 188 Å². The van der Waals surface area contributed by atoms with Crippen LogP contribution in [-0.4, -0.2) is 68.5 Å². The van der Waals surface area contributed by atoms with Gasteiger partial charge in [-0.25, -0.2) is 28.1 Å². The highest BCUT2D eigenvalue weighted by Crippen LogP contribution is 2.30. The molecule has 3 aromatic heterocycles. The average molecular weight is 465 g/mol. The summed E-state index contributed by atoms with van der Waals surface area (Å²) in [5, 5.41) is 13.1. The van der Waals surface area contributed by atoms with Gasteiger partial charge in [0.15, 0.2) is 0 Å². The zero-order valence-corrected chi connectivity index (χ0v) is 18.5. The molecule has 0 saturated carbocycles. The molecule has 178 valence electrons. The minimum atomic E-state index is -2.64. The van der Waals surface area contributed by atoms with Gasteiger partial charge in [-0.2, -0.15) is 4.98 Å². The quantitative estimate of drug-likeness (QED) is 0.548. The van der Waals surface area contributed by atoms with Crippen molar-refractivity contribution in [3.63, 3.8) is 0 Å². The molecule has 1 saturated heterocycles. The summed E-state index contributed by atoms with van der Waals surface area (Å²) < 4.78 is 47.7. The van der Waals surface area contributed by atoms with Crippen molar-refractivity contribution < 1.29 is 23.0 Å². The fraction of sp³-hybridized carbons (Fsp3) is 0.524. The Morgan fingerprint density at radius 2 is 2.00 bits per heavy atom. The third-order valence-corrected chi connectivity index (χ3v) is 5.72. The number of imidazole rings is 1. The Hall–Kier alpha value is -2.99. The van der Waals surface area contributed by atoms with Gasteiger partial charge in [0.2, 0.25) is 5.95 Å². The van der Waals surface area contributed by atoms with E-state index in [1.165, 1.54) is 31.7 Å². The first kappa shape index (κ1) is 23.2. The Morgan fingerprint density at radius 3 is 2.67 bits per heavy atom. The Balaban J connectivity index is 1.61. The van der Waals surface area contributed by atoms with Gasteiger partial charge in [-0.15, -0.1) is 0 Å². The molecule has 9 nitrogen and oxygen atoms in total. The van der Waals surface area contributed by atoms with Crippen LogP contribution >= 0.6 is 0 Å². The summed E-state index contributed by atoms with van der Waals surface area (Å²) in [6, 6.07) is 2.02. The van der Waals surface area contributed by atoms with E-state index < -0.39 is 30.8 Å². The Bertz CT molecular complexity index is 1110. The number of nitrogens with one attached hydrogen (secondary N) is 1. The molecule has 0 radical (unpaired) electrons. The molecule has 2 N–H and O–H groups in total. The summed E-state index contributed by atoms with van der Waals surface area (Å²) in [4.78, 5) is 19.0. The van der Waals surface area contributed by atoms with E-state index >= 15 is 0 Å². The number of aliphatic hydroxyl groups excluding tert-OH is 1. The van der Waals surface area contributed by atoms with E-state index in [-0.39, 0.29) is 12.4 Å².